The number of allylic oxidation sites excluding steroid dienone is 4. The SMILES string of the molecule is C=CC(Cl)=CC=C(C)CCNC(=O)c1cc2cccnc2n(CC(=O)N(C)CC(CC)(CC)CO)c1=O. The topological polar surface area (TPSA) is 105 Å². The molecule has 0 aliphatic carbocycles. The molecular formula is C28H37ClN4O4. The van der Waals surface area contributed by atoms with Crippen LogP contribution in [0.25, 0.3) is 11.0 Å². The molecule has 2 amide bonds. The van der Waals surface area contributed by atoms with Crippen LogP contribution in [0, 0.1) is 5.41 Å². The molecule has 2 rings (SSSR count). The number of carbonyl (C=O) groups is 2. The van der Waals surface area contributed by atoms with E-state index < -0.39 is 16.9 Å². The quantitative estimate of drug-likeness (QED) is 0.382. The van der Waals surface area contributed by atoms with Gasteiger partial charge in [0, 0.05) is 42.2 Å². The molecule has 0 saturated carbocycles. The number of halogens is 1. The van der Waals surface area contributed by atoms with Gasteiger partial charge in [0.15, 0.2) is 0 Å². The zero-order valence-corrected chi connectivity index (χ0v) is 22.8. The number of nitrogens with one attached hydrogen (secondary N) is 1. The molecule has 0 spiro atoms. The molecule has 0 atom stereocenters. The molecule has 0 radical (unpaired) electrons. The van der Waals surface area contributed by atoms with Gasteiger partial charge in [-0.15, -0.1) is 0 Å². The molecule has 0 aliphatic heterocycles. The number of hydrogen-bond acceptors (Lipinski definition) is 5. The predicted molar refractivity (Wildman–Crippen MR) is 149 cm³/mol. The lowest BCUT2D eigenvalue weighted by atomic mass is 9.83. The number of aromatic nitrogens is 2. The first-order valence-electron chi connectivity index (χ1n) is 12.4. The summed E-state index contributed by atoms with van der Waals surface area (Å²) in [5.41, 5.74) is 0.274. The fourth-order valence-corrected chi connectivity index (χ4v) is 4.01. The van der Waals surface area contributed by atoms with E-state index in [1.807, 2.05) is 26.8 Å². The monoisotopic (exact) mass is 528 g/mol. The van der Waals surface area contributed by atoms with Gasteiger partial charge in [-0.1, -0.05) is 49.8 Å². The third-order valence-corrected chi connectivity index (χ3v) is 7.03. The molecule has 9 heteroatoms. The zero-order chi connectivity index (χ0) is 27.6. The third-order valence-electron chi connectivity index (χ3n) is 6.75. The molecular weight excluding hydrogens is 492 g/mol. The van der Waals surface area contributed by atoms with E-state index in [1.165, 1.54) is 21.6 Å². The van der Waals surface area contributed by atoms with E-state index in [0.29, 0.717) is 48.4 Å². The lowest BCUT2D eigenvalue weighted by Crippen LogP contribution is -2.43. The standard InChI is InChI=1S/C28H37ClN4O4/c1-6-22(29)12-11-20(4)13-15-31-26(36)23-16-21-10-9-14-30-25(21)33(27(23)37)17-24(35)32(5)18-28(7-2,8-3)19-34/h6,9-12,14,16,34H,1,7-8,13,15,17-19H2,2-5H3,(H,31,36). The molecule has 0 saturated heterocycles. The second-order valence-electron chi connectivity index (χ2n) is 9.26. The highest BCUT2D eigenvalue weighted by molar-refractivity contribution is 6.31. The molecule has 200 valence electrons. The number of aliphatic hydroxyl groups excluding tert-OH is 1. The van der Waals surface area contributed by atoms with Crippen LogP contribution in [0.5, 0.6) is 0 Å². The first-order chi connectivity index (χ1) is 17.6. The van der Waals surface area contributed by atoms with Gasteiger partial charge >= 0.3 is 0 Å². The molecule has 8 nitrogen and oxygen atoms in total. The Balaban J connectivity index is 2.28. The van der Waals surface area contributed by atoms with Crippen LogP contribution in [0.1, 0.15) is 50.4 Å². The number of nitrogens with zero attached hydrogens (tertiary/aromatic N) is 3. The van der Waals surface area contributed by atoms with Crippen LogP contribution in [0.3, 0.4) is 0 Å². The summed E-state index contributed by atoms with van der Waals surface area (Å²) in [6.45, 7) is 9.84. The minimum absolute atomic E-state index is 0.0377. The van der Waals surface area contributed by atoms with Crippen LogP contribution in [0.2, 0.25) is 0 Å². The average molecular weight is 529 g/mol. The molecule has 2 N–H and O–H groups in total. The van der Waals surface area contributed by atoms with Crippen molar-refractivity contribution in [2.45, 2.75) is 46.6 Å². The van der Waals surface area contributed by atoms with Gasteiger partial charge in [-0.25, -0.2) is 4.98 Å². The highest BCUT2D eigenvalue weighted by atomic mass is 35.5. The van der Waals surface area contributed by atoms with E-state index >= 15 is 0 Å². The second kappa shape index (κ2) is 13.9. The summed E-state index contributed by atoms with van der Waals surface area (Å²) < 4.78 is 1.24. The Morgan fingerprint density at radius 1 is 1.30 bits per heavy atom. The van der Waals surface area contributed by atoms with Gasteiger partial charge in [0.1, 0.15) is 17.8 Å². The van der Waals surface area contributed by atoms with Crippen LogP contribution in [0.15, 0.2) is 64.6 Å². The van der Waals surface area contributed by atoms with E-state index in [0.717, 1.165) is 5.57 Å². The molecule has 0 fully saturated rings. The van der Waals surface area contributed by atoms with E-state index in [4.69, 9.17) is 11.6 Å². The average Bonchev–Trinajstić information content (AvgIpc) is 2.91. The fraction of sp³-hybridized carbons (Fsp3) is 0.429. The largest absolute Gasteiger partial charge is 0.396 e. The van der Waals surface area contributed by atoms with Crippen LogP contribution in [-0.4, -0.2) is 58.1 Å². The van der Waals surface area contributed by atoms with Gasteiger partial charge in [0.05, 0.1) is 6.61 Å². The normalized spacial score (nSPS) is 12.5. The van der Waals surface area contributed by atoms with Crippen molar-refractivity contribution in [3.8, 4) is 0 Å². The Hall–Kier alpha value is -3.23. The summed E-state index contributed by atoms with van der Waals surface area (Å²) in [5.74, 6) is -0.827. The van der Waals surface area contributed by atoms with Gasteiger partial charge in [-0.05, 0) is 50.5 Å². The maximum absolute atomic E-state index is 13.4. The summed E-state index contributed by atoms with van der Waals surface area (Å²) in [6, 6.07) is 4.96. The Kier molecular flexibility index (Phi) is 11.3. The van der Waals surface area contributed by atoms with Crippen molar-refractivity contribution < 1.29 is 14.7 Å². The van der Waals surface area contributed by atoms with Gasteiger partial charge in [0.2, 0.25) is 5.91 Å². The summed E-state index contributed by atoms with van der Waals surface area (Å²) in [6.07, 6.45) is 8.63. The van der Waals surface area contributed by atoms with Crippen LogP contribution >= 0.6 is 11.6 Å². The lowest BCUT2D eigenvalue weighted by molar-refractivity contribution is -0.132. The molecule has 0 unspecified atom stereocenters. The van der Waals surface area contributed by atoms with Crippen molar-refractivity contribution in [1.29, 1.82) is 0 Å². The first kappa shape index (κ1) is 30.0. The van der Waals surface area contributed by atoms with Gasteiger partial charge < -0.3 is 15.3 Å². The highest BCUT2D eigenvalue weighted by Crippen LogP contribution is 2.26. The fourth-order valence-electron chi connectivity index (χ4n) is 3.95. The molecule has 2 aromatic heterocycles. The highest BCUT2D eigenvalue weighted by Gasteiger charge is 2.29. The van der Waals surface area contributed by atoms with Crippen molar-refractivity contribution in [1.82, 2.24) is 19.8 Å². The Bertz CT molecular complexity index is 1240. The van der Waals surface area contributed by atoms with E-state index in [-0.39, 0.29) is 24.6 Å². The van der Waals surface area contributed by atoms with Crippen molar-refractivity contribution in [2.75, 3.05) is 26.7 Å². The molecule has 0 aromatic carbocycles. The lowest BCUT2D eigenvalue weighted by Gasteiger charge is -2.34. The van der Waals surface area contributed by atoms with E-state index in [2.05, 4.69) is 16.9 Å². The van der Waals surface area contributed by atoms with Gasteiger partial charge in [-0.2, -0.15) is 0 Å². The van der Waals surface area contributed by atoms with Gasteiger partial charge in [-0.3, -0.25) is 19.0 Å². The predicted octanol–water partition coefficient (Wildman–Crippen LogP) is 4.03. The molecule has 2 aromatic rings. The molecule has 2 heterocycles. The van der Waals surface area contributed by atoms with E-state index in [9.17, 15) is 19.5 Å². The number of aliphatic hydroxyl groups is 1. The maximum Gasteiger partial charge on any atom is 0.265 e. The van der Waals surface area contributed by atoms with Crippen molar-refractivity contribution in [3.05, 3.63) is 75.7 Å². The van der Waals surface area contributed by atoms with E-state index in [1.54, 1.807) is 31.5 Å². The molecule has 0 aliphatic rings. The van der Waals surface area contributed by atoms with Crippen LogP contribution in [0.4, 0.5) is 0 Å². The maximum atomic E-state index is 13.4. The summed E-state index contributed by atoms with van der Waals surface area (Å²) in [7, 11) is 1.66. The van der Waals surface area contributed by atoms with Gasteiger partial charge in [0.25, 0.3) is 11.5 Å². The number of carbonyl (C=O) groups excluding carboxylic acids is 2. The minimum atomic E-state index is -0.585. The Morgan fingerprint density at radius 2 is 2.00 bits per heavy atom. The number of amides is 2. The first-order valence-corrected chi connectivity index (χ1v) is 12.8. The third kappa shape index (κ3) is 7.87. The number of pyridine rings is 2. The number of hydrogen-bond donors (Lipinski definition) is 2. The number of fused-ring (bicyclic) bond motifs is 1. The molecule has 37 heavy (non-hydrogen) atoms. The van der Waals surface area contributed by atoms with Crippen molar-refractivity contribution in [2.24, 2.45) is 5.41 Å². The smallest absolute Gasteiger partial charge is 0.265 e. The van der Waals surface area contributed by atoms with Crippen molar-refractivity contribution >= 4 is 34.4 Å². The summed E-state index contributed by atoms with van der Waals surface area (Å²) in [5, 5.41) is 13.8. The van der Waals surface area contributed by atoms with Crippen LogP contribution < -0.4 is 10.9 Å². The Labute approximate surface area is 223 Å². The second-order valence-corrected chi connectivity index (χ2v) is 9.69. The Morgan fingerprint density at radius 3 is 2.62 bits per heavy atom. The summed E-state index contributed by atoms with van der Waals surface area (Å²) in [4.78, 5) is 45.2. The minimum Gasteiger partial charge on any atom is -0.396 e. The van der Waals surface area contributed by atoms with Crippen molar-refractivity contribution in [3.63, 3.8) is 0 Å². The van der Waals surface area contributed by atoms with Crippen LogP contribution in [-0.2, 0) is 11.3 Å². The molecule has 0 bridgehead atoms. The summed E-state index contributed by atoms with van der Waals surface area (Å²) >= 11 is 5.91. The zero-order valence-electron chi connectivity index (χ0n) is 22.1. The number of rotatable bonds is 13. The number of likely N-dealkylation sites (N-methyl/N-ethyl adjacent to an activating group) is 1.